The number of hydrogen-bond donors (Lipinski definition) is 2. The van der Waals surface area contributed by atoms with Crippen LogP contribution in [0.1, 0.15) is 46.0 Å². The Labute approximate surface area is 120 Å². The Morgan fingerprint density at radius 3 is 2.70 bits per heavy atom. The number of hydrogen-bond acceptors (Lipinski definition) is 3. The average Bonchev–Trinajstić information content (AvgIpc) is 2.87. The van der Waals surface area contributed by atoms with E-state index in [2.05, 4.69) is 5.32 Å². The normalized spacial score (nSPS) is 15.8. The molecule has 1 saturated carbocycles. The second-order valence-corrected chi connectivity index (χ2v) is 5.90. The minimum atomic E-state index is -0.405. The van der Waals surface area contributed by atoms with E-state index in [0.29, 0.717) is 5.69 Å². The fourth-order valence-electron chi connectivity index (χ4n) is 2.78. The van der Waals surface area contributed by atoms with Crippen LogP contribution < -0.4 is 15.8 Å². The highest BCUT2D eigenvalue weighted by molar-refractivity contribution is 5.68. The van der Waals surface area contributed by atoms with E-state index in [9.17, 15) is 4.39 Å². The van der Waals surface area contributed by atoms with Gasteiger partial charge >= 0.3 is 0 Å². The van der Waals surface area contributed by atoms with E-state index in [-0.39, 0.29) is 11.9 Å². The van der Waals surface area contributed by atoms with E-state index in [1.165, 1.54) is 31.7 Å². The second-order valence-electron chi connectivity index (χ2n) is 5.90. The van der Waals surface area contributed by atoms with Gasteiger partial charge < -0.3 is 15.8 Å². The lowest BCUT2D eigenvalue weighted by Crippen LogP contribution is -2.11. The van der Waals surface area contributed by atoms with Crippen molar-refractivity contribution in [1.29, 1.82) is 0 Å². The van der Waals surface area contributed by atoms with Crippen LogP contribution >= 0.6 is 0 Å². The summed E-state index contributed by atoms with van der Waals surface area (Å²) in [7, 11) is 0. The summed E-state index contributed by atoms with van der Waals surface area (Å²) in [5.74, 6) is 0.686. The minimum absolute atomic E-state index is 0.0561. The molecule has 0 heterocycles. The van der Waals surface area contributed by atoms with Crippen molar-refractivity contribution in [3.8, 4) is 5.75 Å². The van der Waals surface area contributed by atoms with Crippen molar-refractivity contribution in [3.05, 3.63) is 17.9 Å². The standard InChI is InChI=1S/C16H25FN2O/c1-11(2)20-16-10-15(14(18)9-13(16)17)19-8-7-12-5-3-4-6-12/h9-12,19H,3-8,18H2,1-2H3. The summed E-state index contributed by atoms with van der Waals surface area (Å²) in [6, 6.07) is 2.99. The molecule has 1 aromatic carbocycles. The Morgan fingerprint density at radius 1 is 1.35 bits per heavy atom. The van der Waals surface area contributed by atoms with Gasteiger partial charge in [0.25, 0.3) is 0 Å². The molecule has 0 spiro atoms. The summed E-state index contributed by atoms with van der Waals surface area (Å²) in [5.41, 5.74) is 7.06. The fourth-order valence-corrected chi connectivity index (χ4v) is 2.78. The van der Waals surface area contributed by atoms with Crippen LogP contribution in [0.25, 0.3) is 0 Å². The van der Waals surface area contributed by atoms with E-state index < -0.39 is 5.82 Å². The highest BCUT2D eigenvalue weighted by Gasteiger charge is 2.15. The van der Waals surface area contributed by atoms with Crippen molar-refractivity contribution < 1.29 is 9.13 Å². The summed E-state index contributed by atoms with van der Waals surface area (Å²) in [6.45, 7) is 4.63. The number of halogens is 1. The number of benzene rings is 1. The zero-order chi connectivity index (χ0) is 14.5. The Kier molecular flexibility index (Phi) is 5.10. The average molecular weight is 280 g/mol. The molecule has 1 aliphatic rings. The molecule has 4 heteroatoms. The first-order chi connectivity index (χ1) is 9.56. The molecule has 3 N–H and O–H groups in total. The molecule has 0 bridgehead atoms. The molecule has 1 aromatic rings. The third-order valence-electron chi connectivity index (χ3n) is 3.81. The van der Waals surface area contributed by atoms with Crippen molar-refractivity contribution >= 4 is 11.4 Å². The van der Waals surface area contributed by atoms with Crippen LogP contribution in [-0.2, 0) is 0 Å². The van der Waals surface area contributed by atoms with Gasteiger partial charge in [-0.1, -0.05) is 25.7 Å². The molecular formula is C16H25FN2O. The number of rotatable bonds is 6. The van der Waals surface area contributed by atoms with Crippen LogP contribution in [0.2, 0.25) is 0 Å². The Balaban J connectivity index is 1.95. The van der Waals surface area contributed by atoms with Crippen molar-refractivity contribution in [2.45, 2.75) is 52.1 Å². The van der Waals surface area contributed by atoms with Gasteiger partial charge in [0.1, 0.15) is 0 Å². The molecule has 0 amide bonds. The molecule has 0 aromatic heterocycles. The third kappa shape index (κ3) is 4.02. The van der Waals surface area contributed by atoms with Gasteiger partial charge in [-0.05, 0) is 26.2 Å². The Hall–Kier alpha value is -1.45. The van der Waals surface area contributed by atoms with Gasteiger partial charge in [-0.25, -0.2) is 4.39 Å². The number of nitrogen functional groups attached to an aromatic ring is 1. The van der Waals surface area contributed by atoms with Gasteiger partial charge in [-0.2, -0.15) is 0 Å². The highest BCUT2D eigenvalue weighted by atomic mass is 19.1. The maximum atomic E-state index is 13.7. The Bertz CT molecular complexity index is 442. The van der Waals surface area contributed by atoms with Crippen LogP contribution in [-0.4, -0.2) is 12.6 Å². The fraction of sp³-hybridized carbons (Fsp3) is 0.625. The van der Waals surface area contributed by atoms with Gasteiger partial charge in [0.05, 0.1) is 17.5 Å². The summed E-state index contributed by atoms with van der Waals surface area (Å²) in [6.07, 6.45) is 6.48. The summed E-state index contributed by atoms with van der Waals surface area (Å²) in [5, 5.41) is 3.31. The largest absolute Gasteiger partial charge is 0.488 e. The lowest BCUT2D eigenvalue weighted by Gasteiger charge is -2.16. The zero-order valence-electron chi connectivity index (χ0n) is 12.4. The van der Waals surface area contributed by atoms with Crippen LogP contribution in [0.3, 0.4) is 0 Å². The molecular weight excluding hydrogens is 255 g/mol. The van der Waals surface area contributed by atoms with Crippen molar-refractivity contribution in [2.24, 2.45) is 5.92 Å². The SMILES string of the molecule is CC(C)Oc1cc(NCCC2CCCC2)c(N)cc1F. The molecule has 2 rings (SSSR count). The van der Waals surface area contributed by atoms with Gasteiger partial charge in [-0.15, -0.1) is 0 Å². The molecule has 0 unspecified atom stereocenters. The van der Waals surface area contributed by atoms with Crippen LogP contribution in [0.4, 0.5) is 15.8 Å². The van der Waals surface area contributed by atoms with E-state index in [1.54, 1.807) is 6.07 Å². The summed E-state index contributed by atoms with van der Waals surface area (Å²) in [4.78, 5) is 0. The highest BCUT2D eigenvalue weighted by Crippen LogP contribution is 2.30. The molecule has 112 valence electrons. The third-order valence-corrected chi connectivity index (χ3v) is 3.81. The first kappa shape index (κ1) is 14.9. The second kappa shape index (κ2) is 6.82. The molecule has 0 atom stereocenters. The topological polar surface area (TPSA) is 47.3 Å². The first-order valence-corrected chi connectivity index (χ1v) is 7.56. The van der Waals surface area contributed by atoms with E-state index >= 15 is 0 Å². The number of ether oxygens (including phenoxy) is 1. The van der Waals surface area contributed by atoms with Gasteiger partial charge in [-0.3, -0.25) is 0 Å². The summed E-state index contributed by atoms with van der Waals surface area (Å²) < 4.78 is 19.2. The molecule has 0 saturated heterocycles. The molecule has 0 aliphatic heterocycles. The smallest absolute Gasteiger partial charge is 0.167 e. The maximum Gasteiger partial charge on any atom is 0.167 e. The molecule has 1 fully saturated rings. The number of anilines is 2. The Morgan fingerprint density at radius 2 is 2.05 bits per heavy atom. The van der Waals surface area contributed by atoms with E-state index in [0.717, 1.165) is 24.6 Å². The van der Waals surface area contributed by atoms with Gasteiger partial charge in [0.2, 0.25) is 0 Å². The maximum absolute atomic E-state index is 13.7. The molecule has 20 heavy (non-hydrogen) atoms. The predicted molar refractivity (Wildman–Crippen MR) is 81.6 cm³/mol. The van der Waals surface area contributed by atoms with E-state index in [1.807, 2.05) is 13.8 Å². The van der Waals surface area contributed by atoms with Crippen molar-refractivity contribution in [2.75, 3.05) is 17.6 Å². The molecule has 3 nitrogen and oxygen atoms in total. The number of nitrogens with one attached hydrogen (secondary N) is 1. The minimum Gasteiger partial charge on any atom is -0.488 e. The lowest BCUT2D eigenvalue weighted by atomic mass is 10.0. The van der Waals surface area contributed by atoms with Gasteiger partial charge in [0, 0.05) is 18.7 Å². The molecule has 0 radical (unpaired) electrons. The monoisotopic (exact) mass is 280 g/mol. The summed E-state index contributed by atoms with van der Waals surface area (Å²) >= 11 is 0. The van der Waals surface area contributed by atoms with Gasteiger partial charge in [0.15, 0.2) is 11.6 Å². The van der Waals surface area contributed by atoms with Crippen LogP contribution in [0, 0.1) is 11.7 Å². The first-order valence-electron chi connectivity index (χ1n) is 7.56. The van der Waals surface area contributed by atoms with E-state index in [4.69, 9.17) is 10.5 Å². The lowest BCUT2D eigenvalue weighted by molar-refractivity contribution is 0.231. The van der Waals surface area contributed by atoms with Crippen LogP contribution in [0.5, 0.6) is 5.75 Å². The predicted octanol–water partition coefficient (Wildman–Crippen LogP) is 4.19. The zero-order valence-corrected chi connectivity index (χ0v) is 12.4. The number of nitrogens with two attached hydrogens (primary N) is 1. The quantitative estimate of drug-likeness (QED) is 0.768. The van der Waals surface area contributed by atoms with Crippen molar-refractivity contribution in [1.82, 2.24) is 0 Å². The van der Waals surface area contributed by atoms with Crippen LogP contribution in [0.15, 0.2) is 12.1 Å². The van der Waals surface area contributed by atoms with Crippen molar-refractivity contribution in [3.63, 3.8) is 0 Å². The molecule has 1 aliphatic carbocycles.